The van der Waals surface area contributed by atoms with Gasteiger partial charge in [-0.1, -0.05) is 76.8 Å². The van der Waals surface area contributed by atoms with Gasteiger partial charge in [-0.25, -0.2) is 0 Å². The van der Waals surface area contributed by atoms with E-state index < -0.39 is 0 Å². The molecule has 0 amide bonds. The number of hydrogen-bond acceptors (Lipinski definition) is 4. The number of hydrogen-bond donors (Lipinski definition) is 0. The molecule has 0 aliphatic heterocycles. The summed E-state index contributed by atoms with van der Waals surface area (Å²) in [5.74, 6) is 3.02. The average molecular weight is 409 g/mol. The molecule has 0 atom stereocenters. The topological polar surface area (TPSA) is 35.5 Å². The number of esters is 1. The number of thioether (sulfide) groups is 1. The summed E-state index contributed by atoms with van der Waals surface area (Å²) < 4.78 is 10.5. The summed E-state index contributed by atoms with van der Waals surface area (Å²) >= 11 is 1.99. The quantitative estimate of drug-likeness (QED) is 0.197. The van der Waals surface area contributed by atoms with Crippen LogP contribution in [-0.4, -0.2) is 31.2 Å². The minimum absolute atomic E-state index is 0.167. The van der Waals surface area contributed by atoms with Crippen molar-refractivity contribution in [1.29, 1.82) is 0 Å². The zero-order valence-corrected chi connectivity index (χ0v) is 18.9. The zero-order chi connectivity index (χ0) is 20.3. The molecule has 0 unspecified atom stereocenters. The Morgan fingerprint density at radius 3 is 2.07 bits per heavy atom. The lowest BCUT2D eigenvalue weighted by Gasteiger charge is -2.07. The van der Waals surface area contributed by atoms with Gasteiger partial charge in [-0.05, 0) is 36.3 Å². The van der Waals surface area contributed by atoms with Crippen molar-refractivity contribution in [3.63, 3.8) is 0 Å². The maximum absolute atomic E-state index is 11.2. The van der Waals surface area contributed by atoms with Crippen LogP contribution in [0.4, 0.5) is 0 Å². The largest absolute Gasteiger partial charge is 0.493 e. The molecule has 0 spiro atoms. The van der Waals surface area contributed by atoms with Crippen molar-refractivity contribution >= 4 is 17.7 Å². The van der Waals surface area contributed by atoms with Crippen molar-refractivity contribution in [2.75, 3.05) is 25.2 Å². The lowest BCUT2D eigenvalue weighted by Crippen LogP contribution is -2.02. The molecule has 0 aromatic heterocycles. The summed E-state index contributed by atoms with van der Waals surface area (Å²) in [6.45, 7) is 3.03. The number of carbonyl (C=O) groups is 1. The van der Waals surface area contributed by atoms with E-state index >= 15 is 0 Å². The van der Waals surface area contributed by atoms with Gasteiger partial charge in [-0.2, -0.15) is 11.8 Å². The van der Waals surface area contributed by atoms with Gasteiger partial charge in [-0.15, -0.1) is 0 Å². The van der Waals surface area contributed by atoms with Crippen LogP contribution in [0.5, 0.6) is 5.75 Å². The number of benzene rings is 1. The van der Waals surface area contributed by atoms with Crippen molar-refractivity contribution in [1.82, 2.24) is 0 Å². The molecular formula is C24H40O3S. The minimum atomic E-state index is -0.167. The Labute approximate surface area is 177 Å². The number of aryl methyl sites for hydroxylation is 1. The van der Waals surface area contributed by atoms with E-state index in [1.165, 1.54) is 77.1 Å². The van der Waals surface area contributed by atoms with Crippen LogP contribution in [0.25, 0.3) is 0 Å². The van der Waals surface area contributed by atoms with E-state index in [4.69, 9.17) is 4.74 Å². The SMILES string of the molecule is CCCCCCCCCCCCSCCOc1ccc(CCC(=O)OC)cc1. The van der Waals surface area contributed by atoms with Gasteiger partial charge in [0.2, 0.25) is 0 Å². The first kappa shape index (κ1) is 24.9. The van der Waals surface area contributed by atoms with Gasteiger partial charge in [0.25, 0.3) is 0 Å². The first-order valence-corrected chi connectivity index (χ1v) is 12.3. The second kappa shape index (κ2) is 17.9. The highest BCUT2D eigenvalue weighted by atomic mass is 32.2. The van der Waals surface area contributed by atoms with Crippen LogP contribution >= 0.6 is 11.8 Å². The third-order valence-electron chi connectivity index (χ3n) is 4.91. The second-order valence-corrected chi connectivity index (χ2v) is 8.59. The highest BCUT2D eigenvalue weighted by Gasteiger charge is 2.02. The summed E-state index contributed by atoms with van der Waals surface area (Å²) in [5.41, 5.74) is 1.13. The standard InChI is InChI=1S/C24H40O3S/c1-3-4-5-6-7-8-9-10-11-12-20-28-21-19-27-23-16-13-22(14-17-23)15-18-24(25)26-2/h13-14,16-17H,3-12,15,18-21H2,1-2H3. The van der Waals surface area contributed by atoms with Crippen molar-refractivity contribution < 1.29 is 14.3 Å². The van der Waals surface area contributed by atoms with Gasteiger partial charge < -0.3 is 9.47 Å². The Kier molecular flexibility index (Phi) is 15.9. The summed E-state index contributed by atoms with van der Waals surface area (Å²) in [7, 11) is 1.42. The molecule has 1 rings (SSSR count). The fraction of sp³-hybridized carbons (Fsp3) is 0.708. The van der Waals surface area contributed by atoms with Crippen molar-refractivity contribution in [2.24, 2.45) is 0 Å². The highest BCUT2D eigenvalue weighted by molar-refractivity contribution is 7.99. The Hall–Kier alpha value is -1.16. The van der Waals surface area contributed by atoms with E-state index in [1.807, 2.05) is 36.0 Å². The van der Waals surface area contributed by atoms with E-state index in [-0.39, 0.29) is 5.97 Å². The monoisotopic (exact) mass is 408 g/mol. The molecule has 0 bridgehead atoms. The molecule has 160 valence electrons. The number of rotatable bonds is 18. The number of methoxy groups -OCH3 is 1. The number of ether oxygens (including phenoxy) is 2. The van der Waals surface area contributed by atoms with E-state index in [0.29, 0.717) is 12.8 Å². The number of unbranched alkanes of at least 4 members (excludes halogenated alkanes) is 9. The maximum Gasteiger partial charge on any atom is 0.305 e. The third kappa shape index (κ3) is 13.9. The van der Waals surface area contributed by atoms with Gasteiger partial charge in [0.05, 0.1) is 13.7 Å². The molecule has 28 heavy (non-hydrogen) atoms. The van der Waals surface area contributed by atoms with Crippen molar-refractivity contribution in [3.8, 4) is 5.75 Å². The highest BCUT2D eigenvalue weighted by Crippen LogP contribution is 2.15. The summed E-state index contributed by atoms with van der Waals surface area (Å²) in [6, 6.07) is 8.02. The molecule has 0 aliphatic carbocycles. The van der Waals surface area contributed by atoms with Crippen LogP contribution in [-0.2, 0) is 16.0 Å². The zero-order valence-electron chi connectivity index (χ0n) is 18.0. The summed E-state index contributed by atoms with van der Waals surface area (Å²) in [4.78, 5) is 11.2. The summed E-state index contributed by atoms with van der Waals surface area (Å²) in [5, 5.41) is 0. The Morgan fingerprint density at radius 2 is 1.46 bits per heavy atom. The van der Waals surface area contributed by atoms with E-state index in [0.717, 1.165) is 23.7 Å². The molecule has 4 heteroatoms. The van der Waals surface area contributed by atoms with Crippen LogP contribution in [0.3, 0.4) is 0 Å². The fourth-order valence-corrected chi connectivity index (χ4v) is 3.93. The Morgan fingerprint density at radius 1 is 0.857 bits per heavy atom. The molecule has 0 saturated carbocycles. The van der Waals surface area contributed by atoms with Crippen molar-refractivity contribution in [3.05, 3.63) is 29.8 Å². The molecule has 1 aromatic carbocycles. The molecule has 0 saturated heterocycles. The lowest BCUT2D eigenvalue weighted by molar-refractivity contribution is -0.140. The Bertz CT molecular complexity index is 487. The summed E-state index contributed by atoms with van der Waals surface area (Å²) in [6.07, 6.45) is 15.1. The molecule has 0 aliphatic rings. The Balaban J connectivity index is 1.90. The van der Waals surface area contributed by atoms with E-state index in [9.17, 15) is 4.79 Å². The van der Waals surface area contributed by atoms with Gasteiger partial charge >= 0.3 is 5.97 Å². The second-order valence-electron chi connectivity index (χ2n) is 7.36. The molecule has 1 aromatic rings. The molecule has 0 fully saturated rings. The molecule has 0 heterocycles. The molecule has 0 radical (unpaired) electrons. The minimum Gasteiger partial charge on any atom is -0.493 e. The first-order chi connectivity index (χ1) is 13.8. The molecular weight excluding hydrogens is 368 g/mol. The molecule has 0 N–H and O–H groups in total. The maximum atomic E-state index is 11.2. The van der Waals surface area contributed by atoms with Crippen LogP contribution in [0, 0.1) is 0 Å². The predicted octanol–water partition coefficient (Wildman–Crippen LogP) is 6.83. The smallest absolute Gasteiger partial charge is 0.305 e. The average Bonchev–Trinajstić information content (AvgIpc) is 2.73. The van der Waals surface area contributed by atoms with Gasteiger partial charge in [-0.3, -0.25) is 4.79 Å². The van der Waals surface area contributed by atoms with Gasteiger partial charge in [0.1, 0.15) is 5.75 Å². The van der Waals surface area contributed by atoms with Crippen LogP contribution < -0.4 is 4.74 Å². The van der Waals surface area contributed by atoms with E-state index in [1.54, 1.807) is 0 Å². The molecule has 3 nitrogen and oxygen atoms in total. The predicted molar refractivity (Wildman–Crippen MR) is 121 cm³/mol. The van der Waals surface area contributed by atoms with Crippen LogP contribution in [0.15, 0.2) is 24.3 Å². The van der Waals surface area contributed by atoms with Gasteiger partial charge in [0.15, 0.2) is 0 Å². The first-order valence-electron chi connectivity index (χ1n) is 11.1. The van der Waals surface area contributed by atoms with E-state index in [2.05, 4.69) is 11.7 Å². The normalized spacial score (nSPS) is 10.8. The number of carbonyl (C=O) groups excluding carboxylic acids is 1. The van der Waals surface area contributed by atoms with Crippen LogP contribution in [0.2, 0.25) is 0 Å². The van der Waals surface area contributed by atoms with Crippen LogP contribution in [0.1, 0.15) is 83.1 Å². The van der Waals surface area contributed by atoms with Gasteiger partial charge in [0, 0.05) is 12.2 Å². The van der Waals surface area contributed by atoms with Crippen molar-refractivity contribution in [2.45, 2.75) is 84.0 Å². The third-order valence-corrected chi connectivity index (χ3v) is 5.94. The lowest BCUT2D eigenvalue weighted by atomic mass is 10.1. The fourth-order valence-electron chi connectivity index (χ4n) is 3.11.